The van der Waals surface area contributed by atoms with E-state index in [-0.39, 0.29) is 5.56 Å². The molecule has 0 saturated carbocycles. The molecule has 0 aliphatic rings. The number of carbonyl (C=O) groups is 1. The van der Waals surface area contributed by atoms with Crippen LogP contribution in [0.1, 0.15) is 15.9 Å². The predicted octanol–water partition coefficient (Wildman–Crippen LogP) is 4.74. The van der Waals surface area contributed by atoms with Gasteiger partial charge < -0.3 is 10.4 Å². The lowest BCUT2D eigenvalue weighted by atomic mass is 10.1. The molecule has 0 aliphatic carbocycles. The molecule has 2 aromatic rings. The van der Waals surface area contributed by atoms with Crippen LogP contribution < -0.4 is 5.32 Å². The molecule has 0 bridgehead atoms. The first kappa shape index (κ1) is 13.7. The summed E-state index contributed by atoms with van der Waals surface area (Å²) in [5.74, 6) is -0.992. The second kappa shape index (κ2) is 5.51. The second-order valence-electron chi connectivity index (χ2n) is 4.04. The average molecular weight is 296 g/mol. The van der Waals surface area contributed by atoms with Crippen LogP contribution in [0.2, 0.25) is 10.0 Å². The monoisotopic (exact) mass is 295 g/mol. The molecular weight excluding hydrogens is 285 g/mol. The summed E-state index contributed by atoms with van der Waals surface area (Å²) >= 11 is 12.0. The van der Waals surface area contributed by atoms with Crippen LogP contribution in [0.25, 0.3) is 0 Å². The summed E-state index contributed by atoms with van der Waals surface area (Å²) in [5.41, 5.74) is 2.19. The van der Waals surface area contributed by atoms with E-state index >= 15 is 0 Å². The fourth-order valence-corrected chi connectivity index (χ4v) is 2.19. The third-order valence-corrected chi connectivity index (χ3v) is 3.35. The summed E-state index contributed by atoms with van der Waals surface area (Å²) in [6, 6.07) is 10.0. The van der Waals surface area contributed by atoms with Crippen molar-refractivity contribution in [3.8, 4) is 0 Å². The lowest BCUT2D eigenvalue weighted by molar-refractivity contribution is 0.0698. The van der Waals surface area contributed by atoms with Gasteiger partial charge in [0.1, 0.15) is 0 Å². The summed E-state index contributed by atoms with van der Waals surface area (Å²) in [7, 11) is 0. The Kier molecular flexibility index (Phi) is 3.98. The van der Waals surface area contributed by atoms with E-state index in [0.717, 1.165) is 5.56 Å². The van der Waals surface area contributed by atoms with Gasteiger partial charge in [0.15, 0.2) is 0 Å². The summed E-state index contributed by atoms with van der Waals surface area (Å²) in [6.07, 6.45) is 0. The molecule has 0 saturated heterocycles. The van der Waals surface area contributed by atoms with Crippen LogP contribution in [0.3, 0.4) is 0 Å². The van der Waals surface area contributed by atoms with Crippen molar-refractivity contribution in [2.24, 2.45) is 0 Å². The lowest BCUT2D eigenvalue weighted by Gasteiger charge is -2.13. The third-order valence-electron chi connectivity index (χ3n) is 2.74. The molecule has 2 aromatic carbocycles. The molecule has 5 heteroatoms. The highest BCUT2D eigenvalue weighted by molar-refractivity contribution is 6.35. The van der Waals surface area contributed by atoms with Gasteiger partial charge in [-0.05, 0) is 36.8 Å². The number of nitrogens with one attached hydrogen (secondary N) is 1. The zero-order valence-electron chi connectivity index (χ0n) is 10.1. The van der Waals surface area contributed by atoms with Crippen molar-refractivity contribution < 1.29 is 9.90 Å². The van der Waals surface area contributed by atoms with Crippen LogP contribution in [0.4, 0.5) is 11.4 Å². The van der Waals surface area contributed by atoms with Crippen LogP contribution in [0.15, 0.2) is 36.4 Å². The first-order valence-corrected chi connectivity index (χ1v) is 6.29. The minimum Gasteiger partial charge on any atom is -0.478 e. The number of benzene rings is 2. The largest absolute Gasteiger partial charge is 0.478 e. The highest BCUT2D eigenvalue weighted by Gasteiger charge is 2.11. The number of halogens is 2. The second-order valence-corrected chi connectivity index (χ2v) is 4.88. The van der Waals surface area contributed by atoms with Gasteiger partial charge in [-0.2, -0.15) is 0 Å². The topological polar surface area (TPSA) is 49.3 Å². The molecule has 98 valence electrons. The number of rotatable bonds is 3. The Morgan fingerprint density at radius 2 is 1.84 bits per heavy atom. The van der Waals surface area contributed by atoms with Gasteiger partial charge in [0.05, 0.1) is 11.3 Å². The summed E-state index contributed by atoms with van der Waals surface area (Å²) in [5, 5.41) is 13.2. The minimum absolute atomic E-state index is 0.193. The average Bonchev–Trinajstić information content (AvgIpc) is 2.35. The van der Waals surface area contributed by atoms with Crippen molar-refractivity contribution in [2.45, 2.75) is 6.92 Å². The van der Waals surface area contributed by atoms with E-state index in [1.165, 1.54) is 6.07 Å². The SMILES string of the molecule is Cc1c(Cl)cc(Cl)cc1Nc1ccccc1C(=O)O. The van der Waals surface area contributed by atoms with Crippen LogP contribution in [-0.4, -0.2) is 11.1 Å². The molecule has 0 radical (unpaired) electrons. The maximum atomic E-state index is 11.1. The van der Waals surface area contributed by atoms with Gasteiger partial charge >= 0.3 is 5.97 Å². The van der Waals surface area contributed by atoms with E-state index < -0.39 is 5.97 Å². The molecule has 0 atom stereocenters. The smallest absolute Gasteiger partial charge is 0.337 e. The predicted molar refractivity (Wildman–Crippen MR) is 77.9 cm³/mol. The van der Waals surface area contributed by atoms with Gasteiger partial charge in [0.2, 0.25) is 0 Å². The minimum atomic E-state index is -0.992. The molecule has 0 spiro atoms. The van der Waals surface area contributed by atoms with Crippen molar-refractivity contribution >= 4 is 40.5 Å². The Hall–Kier alpha value is -1.71. The zero-order chi connectivity index (χ0) is 14.0. The Labute approximate surface area is 120 Å². The summed E-state index contributed by atoms with van der Waals surface area (Å²) in [6.45, 7) is 1.84. The summed E-state index contributed by atoms with van der Waals surface area (Å²) < 4.78 is 0. The van der Waals surface area contributed by atoms with Gasteiger partial charge in [0.25, 0.3) is 0 Å². The van der Waals surface area contributed by atoms with Crippen molar-refractivity contribution in [2.75, 3.05) is 5.32 Å². The number of aromatic carboxylic acids is 1. The van der Waals surface area contributed by atoms with Crippen LogP contribution in [0.5, 0.6) is 0 Å². The molecule has 0 aliphatic heterocycles. The molecule has 0 unspecified atom stereocenters. The van der Waals surface area contributed by atoms with E-state index in [0.29, 0.717) is 21.4 Å². The first-order chi connectivity index (χ1) is 8.99. The molecule has 0 fully saturated rings. The standard InChI is InChI=1S/C14H11Cl2NO2/c1-8-11(16)6-9(15)7-13(8)17-12-5-3-2-4-10(12)14(18)19/h2-7,17H,1H3,(H,18,19). The van der Waals surface area contributed by atoms with E-state index in [2.05, 4.69) is 5.32 Å². The van der Waals surface area contributed by atoms with Crippen LogP contribution >= 0.6 is 23.2 Å². The summed E-state index contributed by atoms with van der Waals surface area (Å²) in [4.78, 5) is 11.1. The fraction of sp³-hybridized carbons (Fsp3) is 0.0714. The highest BCUT2D eigenvalue weighted by atomic mass is 35.5. The molecule has 2 rings (SSSR count). The zero-order valence-corrected chi connectivity index (χ0v) is 11.6. The van der Waals surface area contributed by atoms with E-state index in [1.54, 1.807) is 30.3 Å². The van der Waals surface area contributed by atoms with Gasteiger partial charge in [-0.25, -0.2) is 4.79 Å². The maximum absolute atomic E-state index is 11.1. The van der Waals surface area contributed by atoms with Gasteiger partial charge in [0, 0.05) is 15.7 Å². The number of para-hydroxylation sites is 1. The number of hydrogen-bond donors (Lipinski definition) is 2. The van der Waals surface area contributed by atoms with E-state index in [1.807, 2.05) is 6.92 Å². The Balaban J connectivity index is 2.45. The molecule has 0 amide bonds. The number of anilines is 2. The van der Waals surface area contributed by atoms with Gasteiger partial charge in [-0.1, -0.05) is 35.3 Å². The van der Waals surface area contributed by atoms with Crippen LogP contribution in [0, 0.1) is 6.92 Å². The van der Waals surface area contributed by atoms with Gasteiger partial charge in [-0.3, -0.25) is 0 Å². The number of carboxylic acids is 1. The normalized spacial score (nSPS) is 10.3. The molecule has 19 heavy (non-hydrogen) atoms. The number of hydrogen-bond acceptors (Lipinski definition) is 2. The molecule has 0 heterocycles. The Bertz CT molecular complexity index is 641. The highest BCUT2D eigenvalue weighted by Crippen LogP contribution is 2.31. The Morgan fingerprint density at radius 1 is 1.16 bits per heavy atom. The maximum Gasteiger partial charge on any atom is 0.337 e. The first-order valence-electron chi connectivity index (χ1n) is 5.54. The van der Waals surface area contributed by atoms with E-state index in [9.17, 15) is 4.79 Å². The molecule has 3 nitrogen and oxygen atoms in total. The van der Waals surface area contributed by atoms with Crippen molar-refractivity contribution in [1.82, 2.24) is 0 Å². The van der Waals surface area contributed by atoms with E-state index in [4.69, 9.17) is 28.3 Å². The molecular formula is C14H11Cl2NO2. The van der Waals surface area contributed by atoms with Crippen molar-refractivity contribution in [1.29, 1.82) is 0 Å². The van der Waals surface area contributed by atoms with Crippen molar-refractivity contribution in [3.63, 3.8) is 0 Å². The third kappa shape index (κ3) is 3.00. The molecule has 0 aromatic heterocycles. The quantitative estimate of drug-likeness (QED) is 0.859. The Morgan fingerprint density at radius 3 is 2.53 bits per heavy atom. The number of carboxylic acid groups (broad SMARTS) is 1. The van der Waals surface area contributed by atoms with Gasteiger partial charge in [-0.15, -0.1) is 0 Å². The van der Waals surface area contributed by atoms with Crippen LogP contribution in [-0.2, 0) is 0 Å². The lowest BCUT2D eigenvalue weighted by Crippen LogP contribution is -2.03. The molecule has 2 N–H and O–H groups in total. The van der Waals surface area contributed by atoms with Crippen molar-refractivity contribution in [3.05, 3.63) is 57.6 Å². The fourth-order valence-electron chi connectivity index (χ4n) is 1.70.